The highest BCUT2D eigenvalue weighted by Crippen LogP contribution is 2.29. The summed E-state index contributed by atoms with van der Waals surface area (Å²) >= 11 is 0. The second-order valence-electron chi connectivity index (χ2n) is 9.00. The predicted molar refractivity (Wildman–Crippen MR) is 132 cm³/mol. The number of benzene rings is 1. The van der Waals surface area contributed by atoms with Crippen LogP contribution in [0.15, 0.2) is 45.8 Å². The highest BCUT2D eigenvalue weighted by atomic mass is 16.5. The Labute approximate surface area is 207 Å². The molecule has 3 aromatic heterocycles. The summed E-state index contributed by atoms with van der Waals surface area (Å²) in [6.45, 7) is 6.95. The molecule has 0 saturated carbocycles. The third-order valence-corrected chi connectivity index (χ3v) is 6.78. The summed E-state index contributed by atoms with van der Waals surface area (Å²) in [5, 5.41) is 13.4. The number of furan rings is 1. The molecule has 0 radical (unpaired) electrons. The zero-order chi connectivity index (χ0) is 25.2. The van der Waals surface area contributed by atoms with E-state index in [1.54, 1.807) is 28.8 Å². The minimum atomic E-state index is -0.495. The molecule has 36 heavy (non-hydrogen) atoms. The van der Waals surface area contributed by atoms with Crippen LogP contribution in [0.5, 0.6) is 0 Å². The SMILES string of the molecule is COCCn1nnnc1C(c1cc2c(C)ccc(C)c2[nH]c1=O)N1CCN(C(=O)c2ccco2)CC1. The first-order chi connectivity index (χ1) is 17.5. The van der Waals surface area contributed by atoms with Gasteiger partial charge in [0.05, 0.1) is 24.9 Å². The van der Waals surface area contributed by atoms with Crippen LogP contribution in [0, 0.1) is 13.8 Å². The van der Waals surface area contributed by atoms with Crippen LogP contribution < -0.4 is 5.56 Å². The predicted octanol–water partition coefficient (Wildman–Crippen LogP) is 1.92. The van der Waals surface area contributed by atoms with Crippen molar-refractivity contribution in [3.8, 4) is 0 Å². The summed E-state index contributed by atoms with van der Waals surface area (Å²) in [6.07, 6.45) is 1.50. The number of tetrazole rings is 1. The van der Waals surface area contributed by atoms with Crippen LogP contribution in [0.1, 0.15) is 39.1 Å². The first-order valence-electron chi connectivity index (χ1n) is 11.9. The number of pyridine rings is 1. The summed E-state index contributed by atoms with van der Waals surface area (Å²) in [5.41, 5.74) is 3.29. The van der Waals surface area contributed by atoms with Gasteiger partial charge in [0.25, 0.3) is 11.5 Å². The molecule has 1 N–H and O–H groups in total. The molecular formula is C25H29N7O4. The first-order valence-corrected chi connectivity index (χ1v) is 11.9. The third kappa shape index (κ3) is 4.42. The molecule has 0 spiro atoms. The maximum atomic E-state index is 13.5. The van der Waals surface area contributed by atoms with Crippen LogP contribution >= 0.6 is 0 Å². The number of methoxy groups -OCH3 is 1. The maximum Gasteiger partial charge on any atom is 0.289 e. The summed E-state index contributed by atoms with van der Waals surface area (Å²) in [6, 6.07) is 8.89. The van der Waals surface area contributed by atoms with E-state index in [-0.39, 0.29) is 11.5 Å². The molecule has 11 heteroatoms. The third-order valence-electron chi connectivity index (χ3n) is 6.78. The van der Waals surface area contributed by atoms with Gasteiger partial charge in [-0.1, -0.05) is 12.1 Å². The van der Waals surface area contributed by atoms with E-state index in [1.807, 2.05) is 26.0 Å². The van der Waals surface area contributed by atoms with Crippen molar-refractivity contribution >= 4 is 16.8 Å². The average molecular weight is 492 g/mol. The van der Waals surface area contributed by atoms with E-state index in [9.17, 15) is 9.59 Å². The zero-order valence-corrected chi connectivity index (χ0v) is 20.6. The van der Waals surface area contributed by atoms with Crippen molar-refractivity contribution in [2.24, 2.45) is 0 Å². The van der Waals surface area contributed by atoms with Crippen molar-refractivity contribution in [3.63, 3.8) is 0 Å². The van der Waals surface area contributed by atoms with Crippen molar-refractivity contribution < 1.29 is 13.9 Å². The Kier molecular flexibility index (Phi) is 6.66. The molecule has 4 heterocycles. The molecule has 188 valence electrons. The Bertz CT molecular complexity index is 1420. The molecule has 1 amide bonds. The van der Waals surface area contributed by atoms with Crippen molar-refractivity contribution in [2.75, 3.05) is 39.9 Å². The molecule has 1 aliphatic rings. The lowest BCUT2D eigenvalue weighted by atomic mass is 9.99. The number of carbonyl (C=O) groups excluding carboxylic acids is 1. The summed E-state index contributed by atoms with van der Waals surface area (Å²) in [5.74, 6) is 0.740. The number of aryl methyl sites for hydroxylation is 2. The lowest BCUT2D eigenvalue weighted by Crippen LogP contribution is -2.50. The standard InChI is InChI=1S/C25H29N7O4/c1-16-6-7-17(2)21-18(16)15-19(24(33)26-21)22(23-27-28-29-32(23)12-14-35-3)30-8-10-31(11-9-30)25(34)20-5-4-13-36-20/h4-7,13,15,22H,8-12,14H2,1-3H3,(H,26,33). The van der Waals surface area contributed by atoms with E-state index in [0.29, 0.717) is 56.5 Å². The number of hydrogen-bond donors (Lipinski definition) is 1. The van der Waals surface area contributed by atoms with Gasteiger partial charge < -0.3 is 19.0 Å². The topological polar surface area (TPSA) is 122 Å². The van der Waals surface area contributed by atoms with Gasteiger partial charge in [-0.2, -0.15) is 0 Å². The van der Waals surface area contributed by atoms with Gasteiger partial charge in [-0.25, -0.2) is 4.68 Å². The number of hydrogen-bond acceptors (Lipinski definition) is 8. The second kappa shape index (κ2) is 10.0. The second-order valence-corrected chi connectivity index (χ2v) is 9.00. The normalized spacial score (nSPS) is 15.5. The smallest absolute Gasteiger partial charge is 0.289 e. The number of amides is 1. The first kappa shape index (κ1) is 23.9. The molecule has 0 aliphatic carbocycles. The van der Waals surface area contributed by atoms with Crippen LogP contribution in [-0.4, -0.2) is 80.8 Å². The fourth-order valence-electron chi connectivity index (χ4n) is 4.78. The van der Waals surface area contributed by atoms with Crippen LogP contribution in [0.2, 0.25) is 0 Å². The molecule has 1 atom stereocenters. The Morgan fingerprint density at radius 1 is 1.17 bits per heavy atom. The molecular weight excluding hydrogens is 462 g/mol. The van der Waals surface area contributed by atoms with Gasteiger partial charge >= 0.3 is 0 Å². The molecule has 1 unspecified atom stereocenters. The van der Waals surface area contributed by atoms with E-state index in [0.717, 1.165) is 22.0 Å². The Hall–Kier alpha value is -3.83. The van der Waals surface area contributed by atoms with Crippen molar-refractivity contribution in [1.82, 2.24) is 35.0 Å². The van der Waals surface area contributed by atoms with E-state index in [2.05, 4.69) is 31.5 Å². The Morgan fingerprint density at radius 3 is 2.67 bits per heavy atom. The number of piperazine rings is 1. The molecule has 0 bridgehead atoms. The number of nitrogens with one attached hydrogen (secondary N) is 1. The Balaban J connectivity index is 1.53. The molecule has 4 aromatic rings. The lowest BCUT2D eigenvalue weighted by molar-refractivity contribution is 0.0557. The van der Waals surface area contributed by atoms with E-state index < -0.39 is 6.04 Å². The minimum Gasteiger partial charge on any atom is -0.459 e. The van der Waals surface area contributed by atoms with Gasteiger partial charge in [-0.3, -0.25) is 14.5 Å². The number of aromatic amines is 1. The van der Waals surface area contributed by atoms with Crippen LogP contribution in [0.3, 0.4) is 0 Å². The fraction of sp³-hybridized carbons (Fsp3) is 0.400. The average Bonchev–Trinajstić information content (AvgIpc) is 3.59. The molecule has 5 rings (SSSR count). The maximum absolute atomic E-state index is 13.5. The number of carbonyl (C=O) groups is 1. The van der Waals surface area contributed by atoms with Crippen molar-refractivity contribution in [2.45, 2.75) is 26.4 Å². The van der Waals surface area contributed by atoms with Gasteiger partial charge in [-0.05, 0) is 53.6 Å². The molecule has 11 nitrogen and oxygen atoms in total. The summed E-state index contributed by atoms with van der Waals surface area (Å²) < 4.78 is 12.2. The van der Waals surface area contributed by atoms with E-state index >= 15 is 0 Å². The number of H-pyrrole nitrogens is 1. The number of ether oxygens (including phenoxy) is 1. The molecule has 1 saturated heterocycles. The quantitative estimate of drug-likeness (QED) is 0.416. The van der Waals surface area contributed by atoms with Crippen LogP contribution in [-0.2, 0) is 11.3 Å². The molecule has 1 fully saturated rings. The number of aromatic nitrogens is 5. The van der Waals surface area contributed by atoms with E-state index in [4.69, 9.17) is 9.15 Å². The van der Waals surface area contributed by atoms with Gasteiger partial charge in [0, 0.05) is 44.2 Å². The molecule has 1 aliphatic heterocycles. The lowest BCUT2D eigenvalue weighted by Gasteiger charge is -2.38. The van der Waals surface area contributed by atoms with Crippen molar-refractivity contribution in [1.29, 1.82) is 0 Å². The summed E-state index contributed by atoms with van der Waals surface area (Å²) in [7, 11) is 1.62. The van der Waals surface area contributed by atoms with E-state index in [1.165, 1.54) is 6.26 Å². The van der Waals surface area contributed by atoms with Gasteiger partial charge in [0.2, 0.25) is 0 Å². The van der Waals surface area contributed by atoms with Gasteiger partial charge in [0.1, 0.15) is 6.04 Å². The molecule has 1 aromatic carbocycles. The van der Waals surface area contributed by atoms with Crippen LogP contribution in [0.4, 0.5) is 0 Å². The highest BCUT2D eigenvalue weighted by Gasteiger charge is 2.34. The zero-order valence-electron chi connectivity index (χ0n) is 20.6. The number of nitrogens with zero attached hydrogens (tertiary/aromatic N) is 6. The monoisotopic (exact) mass is 491 g/mol. The Morgan fingerprint density at radius 2 is 1.94 bits per heavy atom. The fourth-order valence-corrected chi connectivity index (χ4v) is 4.78. The van der Waals surface area contributed by atoms with Crippen LogP contribution in [0.25, 0.3) is 10.9 Å². The highest BCUT2D eigenvalue weighted by molar-refractivity contribution is 5.91. The summed E-state index contributed by atoms with van der Waals surface area (Å²) in [4.78, 5) is 33.3. The van der Waals surface area contributed by atoms with Gasteiger partial charge in [0.15, 0.2) is 11.6 Å². The van der Waals surface area contributed by atoms with Gasteiger partial charge in [-0.15, -0.1) is 5.10 Å². The largest absolute Gasteiger partial charge is 0.459 e. The number of rotatable bonds is 7. The van der Waals surface area contributed by atoms with Crippen molar-refractivity contribution in [3.05, 3.63) is 75.2 Å². The number of fused-ring (bicyclic) bond motifs is 1. The minimum absolute atomic E-state index is 0.143.